The zero-order chi connectivity index (χ0) is 22.5. The molecule has 0 atom stereocenters. The second kappa shape index (κ2) is 13.3. The van der Waals surface area contributed by atoms with Gasteiger partial charge in [0.25, 0.3) is 0 Å². The van der Waals surface area contributed by atoms with Crippen LogP contribution >= 0.6 is 0 Å². The van der Waals surface area contributed by atoms with E-state index in [4.69, 9.17) is 23.7 Å². The molecule has 2 rings (SSSR count). The van der Waals surface area contributed by atoms with Crippen LogP contribution in [0.4, 0.5) is 0 Å². The maximum Gasteiger partial charge on any atom is 0.246 e. The third kappa shape index (κ3) is 7.92. The Morgan fingerprint density at radius 1 is 1.13 bits per heavy atom. The maximum atomic E-state index is 12.4. The van der Waals surface area contributed by atoms with Gasteiger partial charge >= 0.3 is 0 Å². The lowest BCUT2D eigenvalue weighted by Crippen LogP contribution is -2.27. The Morgan fingerprint density at radius 3 is 2.48 bits per heavy atom. The predicted molar refractivity (Wildman–Crippen MR) is 117 cm³/mol. The van der Waals surface area contributed by atoms with Crippen LogP contribution in [0.15, 0.2) is 42.7 Å². The van der Waals surface area contributed by atoms with Gasteiger partial charge < -0.3 is 28.6 Å². The monoisotopic (exact) mass is 430 g/mol. The molecule has 1 aromatic carbocycles. The fourth-order valence-corrected chi connectivity index (χ4v) is 2.70. The molecule has 2 aromatic rings. The van der Waals surface area contributed by atoms with Crippen molar-refractivity contribution in [1.29, 1.82) is 0 Å². The highest BCUT2D eigenvalue weighted by atomic mass is 16.7. The SMILES string of the molecule is COCCOCOc1c(OC)cc(CCN(C)C(=O)C=Cc2cccnc2)cc1OC. The van der Waals surface area contributed by atoms with Crippen molar-refractivity contribution in [3.05, 3.63) is 53.9 Å². The fourth-order valence-electron chi connectivity index (χ4n) is 2.70. The first-order valence-electron chi connectivity index (χ1n) is 9.86. The molecule has 1 aromatic heterocycles. The molecule has 0 fully saturated rings. The molecule has 1 amide bonds. The van der Waals surface area contributed by atoms with E-state index < -0.39 is 0 Å². The third-order valence-electron chi connectivity index (χ3n) is 4.45. The van der Waals surface area contributed by atoms with Crippen LogP contribution in [0.25, 0.3) is 6.08 Å². The summed E-state index contributed by atoms with van der Waals surface area (Å²) in [4.78, 5) is 18.0. The molecular weight excluding hydrogens is 400 g/mol. The summed E-state index contributed by atoms with van der Waals surface area (Å²) in [7, 11) is 6.50. The maximum absolute atomic E-state index is 12.4. The topological polar surface area (TPSA) is 79.4 Å². The summed E-state index contributed by atoms with van der Waals surface area (Å²) in [5, 5.41) is 0. The molecule has 0 N–H and O–H groups in total. The normalized spacial score (nSPS) is 10.8. The minimum Gasteiger partial charge on any atom is -0.493 e. The minimum absolute atomic E-state index is 0.0515. The number of methoxy groups -OCH3 is 3. The quantitative estimate of drug-likeness (QED) is 0.275. The minimum atomic E-state index is -0.0871. The van der Waals surface area contributed by atoms with E-state index in [2.05, 4.69) is 4.98 Å². The van der Waals surface area contributed by atoms with Crippen LogP contribution < -0.4 is 14.2 Å². The van der Waals surface area contributed by atoms with E-state index in [1.165, 1.54) is 0 Å². The fraction of sp³-hybridized carbons (Fsp3) is 0.391. The van der Waals surface area contributed by atoms with Crippen molar-refractivity contribution >= 4 is 12.0 Å². The van der Waals surface area contributed by atoms with Crippen molar-refractivity contribution in [2.45, 2.75) is 6.42 Å². The van der Waals surface area contributed by atoms with Crippen molar-refractivity contribution < 1.29 is 28.5 Å². The van der Waals surface area contributed by atoms with Gasteiger partial charge in [-0.25, -0.2) is 0 Å². The van der Waals surface area contributed by atoms with Gasteiger partial charge in [-0.3, -0.25) is 9.78 Å². The van der Waals surface area contributed by atoms with E-state index in [-0.39, 0.29) is 12.7 Å². The number of carbonyl (C=O) groups excluding carboxylic acids is 1. The van der Waals surface area contributed by atoms with Gasteiger partial charge in [-0.15, -0.1) is 0 Å². The average Bonchev–Trinajstić information content (AvgIpc) is 2.81. The molecule has 0 aliphatic carbocycles. The first-order valence-corrected chi connectivity index (χ1v) is 9.86. The Kier molecular flexibility index (Phi) is 10.3. The second-order valence-electron chi connectivity index (χ2n) is 6.62. The molecule has 31 heavy (non-hydrogen) atoms. The number of aromatic nitrogens is 1. The summed E-state index contributed by atoms with van der Waals surface area (Å²) >= 11 is 0. The average molecular weight is 431 g/mol. The number of hydrogen-bond acceptors (Lipinski definition) is 7. The zero-order valence-electron chi connectivity index (χ0n) is 18.5. The van der Waals surface area contributed by atoms with Crippen LogP contribution in [0, 0.1) is 0 Å². The summed E-state index contributed by atoms with van der Waals surface area (Å²) in [6.07, 6.45) is 7.31. The van der Waals surface area contributed by atoms with E-state index in [9.17, 15) is 4.79 Å². The number of carbonyl (C=O) groups is 1. The Morgan fingerprint density at radius 2 is 1.87 bits per heavy atom. The lowest BCUT2D eigenvalue weighted by Gasteiger charge is -2.18. The second-order valence-corrected chi connectivity index (χ2v) is 6.62. The molecule has 0 spiro atoms. The molecule has 8 heteroatoms. The summed E-state index contributed by atoms with van der Waals surface area (Å²) < 4.78 is 26.9. The van der Waals surface area contributed by atoms with Crippen LogP contribution in [0.1, 0.15) is 11.1 Å². The molecule has 0 saturated heterocycles. The summed E-state index contributed by atoms with van der Waals surface area (Å²) in [6, 6.07) is 7.46. The number of ether oxygens (including phenoxy) is 5. The Balaban J connectivity index is 1.97. The summed E-state index contributed by atoms with van der Waals surface area (Å²) in [5.41, 5.74) is 1.83. The van der Waals surface area contributed by atoms with Crippen molar-refractivity contribution in [3.8, 4) is 17.2 Å². The van der Waals surface area contributed by atoms with Crippen LogP contribution in [0.5, 0.6) is 17.2 Å². The number of benzene rings is 1. The standard InChI is InChI=1S/C23H30N2O6/c1-25(22(26)8-7-18-6-5-10-24-16-18)11-9-19-14-20(28-3)23(21(15-19)29-4)31-17-30-13-12-27-2/h5-8,10,14-16H,9,11-13,17H2,1-4H3. The molecule has 0 unspecified atom stereocenters. The first kappa shape index (κ1) is 24.2. The highest BCUT2D eigenvalue weighted by Crippen LogP contribution is 2.38. The van der Waals surface area contributed by atoms with Gasteiger partial charge in [0, 0.05) is 39.2 Å². The number of pyridine rings is 1. The Labute approximate surface area is 183 Å². The highest BCUT2D eigenvalue weighted by molar-refractivity contribution is 5.91. The molecule has 0 bridgehead atoms. The number of hydrogen-bond donors (Lipinski definition) is 0. The summed E-state index contributed by atoms with van der Waals surface area (Å²) in [6.45, 7) is 1.49. The van der Waals surface area contributed by atoms with Crippen LogP contribution in [-0.4, -0.2) is 70.7 Å². The third-order valence-corrected chi connectivity index (χ3v) is 4.45. The van der Waals surface area contributed by atoms with Gasteiger partial charge in [-0.05, 0) is 41.8 Å². The van der Waals surface area contributed by atoms with E-state index >= 15 is 0 Å². The smallest absolute Gasteiger partial charge is 0.246 e. The lowest BCUT2D eigenvalue weighted by molar-refractivity contribution is -0.124. The molecule has 0 aliphatic rings. The Bertz CT molecular complexity index is 816. The number of likely N-dealkylation sites (N-methyl/N-ethyl adjacent to an activating group) is 1. The summed E-state index contributed by atoms with van der Waals surface area (Å²) in [5.74, 6) is 1.45. The molecule has 168 valence electrons. The van der Waals surface area contributed by atoms with Gasteiger partial charge in [0.15, 0.2) is 18.3 Å². The van der Waals surface area contributed by atoms with Crippen molar-refractivity contribution in [3.63, 3.8) is 0 Å². The van der Waals surface area contributed by atoms with Gasteiger partial charge in [-0.2, -0.15) is 0 Å². The van der Waals surface area contributed by atoms with Crippen molar-refractivity contribution in [2.75, 3.05) is 54.9 Å². The number of amides is 1. The number of nitrogens with zero attached hydrogens (tertiary/aromatic N) is 2. The molecular formula is C23H30N2O6. The number of rotatable bonds is 13. The first-order chi connectivity index (χ1) is 15.1. The van der Waals surface area contributed by atoms with Gasteiger partial charge in [0.1, 0.15) is 0 Å². The molecule has 1 heterocycles. The van der Waals surface area contributed by atoms with E-state index in [1.54, 1.807) is 57.8 Å². The lowest BCUT2D eigenvalue weighted by atomic mass is 10.1. The van der Waals surface area contributed by atoms with Gasteiger partial charge in [0.05, 0.1) is 27.4 Å². The zero-order valence-corrected chi connectivity index (χ0v) is 18.5. The van der Waals surface area contributed by atoms with Gasteiger partial charge in [-0.1, -0.05) is 6.07 Å². The largest absolute Gasteiger partial charge is 0.493 e. The molecule has 0 aliphatic heterocycles. The Hall–Kier alpha value is -3.10. The van der Waals surface area contributed by atoms with Crippen molar-refractivity contribution in [2.24, 2.45) is 0 Å². The van der Waals surface area contributed by atoms with Crippen LogP contribution in [-0.2, 0) is 20.7 Å². The molecule has 0 saturated carbocycles. The van der Waals surface area contributed by atoms with E-state index in [0.717, 1.165) is 11.1 Å². The van der Waals surface area contributed by atoms with E-state index in [1.807, 2.05) is 24.3 Å². The molecule has 0 radical (unpaired) electrons. The predicted octanol–water partition coefficient (Wildman–Crippen LogP) is 2.81. The highest BCUT2D eigenvalue weighted by Gasteiger charge is 2.15. The van der Waals surface area contributed by atoms with Crippen molar-refractivity contribution in [1.82, 2.24) is 9.88 Å². The van der Waals surface area contributed by atoms with E-state index in [0.29, 0.717) is 43.4 Å². The van der Waals surface area contributed by atoms with Crippen LogP contribution in [0.3, 0.4) is 0 Å². The van der Waals surface area contributed by atoms with Gasteiger partial charge in [0.2, 0.25) is 11.7 Å². The molecule has 8 nitrogen and oxygen atoms in total. The van der Waals surface area contributed by atoms with Crippen LogP contribution in [0.2, 0.25) is 0 Å².